The smallest absolute Gasteiger partial charge is 0.306 e. The molecule has 128 valence electrons. The largest absolute Gasteiger partial charge is 0.544 e. The van der Waals surface area contributed by atoms with Gasteiger partial charge >= 0.3 is 5.97 Å². The van der Waals surface area contributed by atoms with Gasteiger partial charge in [-0.2, -0.15) is 0 Å². The fourth-order valence-electron chi connectivity index (χ4n) is 2.55. The maximum Gasteiger partial charge on any atom is 0.306 e. The molecule has 1 aromatic carbocycles. The summed E-state index contributed by atoms with van der Waals surface area (Å²) >= 11 is 0. The summed E-state index contributed by atoms with van der Waals surface area (Å²) in [5.74, 6) is 1.72. The molecule has 0 aliphatic heterocycles. The van der Waals surface area contributed by atoms with Gasteiger partial charge in [0.25, 0.3) is 0 Å². The summed E-state index contributed by atoms with van der Waals surface area (Å²) < 4.78 is 11.2. The van der Waals surface area contributed by atoms with Crippen molar-refractivity contribution in [3.8, 4) is 5.75 Å². The van der Waals surface area contributed by atoms with Crippen molar-refractivity contribution in [2.75, 3.05) is 7.11 Å². The minimum Gasteiger partial charge on any atom is -0.544 e. The molecule has 0 bridgehead atoms. The lowest BCUT2D eigenvalue weighted by Gasteiger charge is -2.36. The molecule has 2 rings (SSSR count). The number of benzene rings is 1. The molecule has 1 fully saturated rings. The first-order valence-corrected chi connectivity index (χ1v) is 11.4. The van der Waals surface area contributed by atoms with Crippen LogP contribution in [0.5, 0.6) is 5.75 Å². The highest BCUT2D eigenvalue weighted by Crippen LogP contribution is 2.45. The molecule has 1 aliphatic rings. The minimum atomic E-state index is -1.81. The van der Waals surface area contributed by atoms with Crippen molar-refractivity contribution < 1.29 is 14.0 Å². The van der Waals surface area contributed by atoms with E-state index in [1.807, 2.05) is 0 Å². The highest BCUT2D eigenvalue weighted by molar-refractivity contribution is 6.74. The molecule has 1 unspecified atom stereocenters. The summed E-state index contributed by atoms with van der Waals surface area (Å²) in [4.78, 5) is 11.7. The van der Waals surface area contributed by atoms with Gasteiger partial charge in [0.1, 0.15) is 5.75 Å². The first-order valence-electron chi connectivity index (χ1n) is 8.50. The molecule has 0 N–H and O–H groups in total. The summed E-state index contributed by atoms with van der Waals surface area (Å²) in [5.41, 5.74) is 1.22. The monoisotopic (exact) mass is 334 g/mol. The molecular weight excluding hydrogens is 304 g/mol. The number of rotatable bonds is 6. The van der Waals surface area contributed by atoms with Crippen molar-refractivity contribution in [1.29, 1.82) is 0 Å². The first kappa shape index (κ1) is 18.1. The van der Waals surface area contributed by atoms with Gasteiger partial charge in [-0.05, 0) is 60.5 Å². The molecule has 0 radical (unpaired) electrons. The average molecular weight is 335 g/mol. The van der Waals surface area contributed by atoms with Crippen molar-refractivity contribution in [3.63, 3.8) is 0 Å². The van der Waals surface area contributed by atoms with Gasteiger partial charge in [0, 0.05) is 0 Å². The van der Waals surface area contributed by atoms with Gasteiger partial charge in [-0.25, -0.2) is 0 Å². The quantitative estimate of drug-likeness (QED) is 0.534. The third-order valence-electron chi connectivity index (χ3n) is 5.29. The number of methoxy groups -OCH3 is 1. The molecule has 0 saturated heterocycles. The molecule has 0 amide bonds. The Hall–Kier alpha value is -1.29. The van der Waals surface area contributed by atoms with Gasteiger partial charge in [-0.15, -0.1) is 0 Å². The molecule has 1 saturated carbocycles. The highest BCUT2D eigenvalue weighted by Gasteiger charge is 2.39. The predicted molar refractivity (Wildman–Crippen MR) is 96.4 cm³/mol. The van der Waals surface area contributed by atoms with Crippen LogP contribution in [-0.4, -0.2) is 21.4 Å². The Labute approximate surface area is 141 Å². The van der Waals surface area contributed by atoms with E-state index in [9.17, 15) is 4.79 Å². The van der Waals surface area contributed by atoms with E-state index < -0.39 is 8.32 Å². The van der Waals surface area contributed by atoms with Crippen LogP contribution in [0.4, 0.5) is 0 Å². The zero-order chi connectivity index (χ0) is 17.3. The van der Waals surface area contributed by atoms with Gasteiger partial charge in [0.2, 0.25) is 8.32 Å². The van der Waals surface area contributed by atoms with E-state index in [1.165, 1.54) is 25.5 Å². The molecule has 23 heavy (non-hydrogen) atoms. The van der Waals surface area contributed by atoms with E-state index in [1.54, 1.807) is 0 Å². The Kier molecular flexibility index (Phi) is 5.24. The fourth-order valence-corrected chi connectivity index (χ4v) is 3.58. The molecule has 1 aromatic rings. The highest BCUT2D eigenvalue weighted by atomic mass is 28.4. The standard InChI is InChI=1S/C19H30O3Si/c1-19(2,3)23(5,6)22-16-11-9-15(10-12-16)17(14-7-8-14)13-18(20)21-4/h9-12,14,17H,7-8,13H2,1-6H3. The van der Waals surface area contributed by atoms with Crippen molar-refractivity contribution >= 4 is 14.3 Å². The third-order valence-corrected chi connectivity index (χ3v) is 9.65. The molecule has 1 aliphatic carbocycles. The second-order valence-corrected chi connectivity index (χ2v) is 12.9. The van der Waals surface area contributed by atoms with Crippen molar-refractivity contribution in [2.24, 2.45) is 5.92 Å². The minimum absolute atomic E-state index is 0.122. The van der Waals surface area contributed by atoms with Crippen LogP contribution < -0.4 is 4.43 Å². The number of carbonyl (C=O) groups excluding carboxylic acids is 1. The molecule has 0 heterocycles. The number of ether oxygens (including phenoxy) is 1. The number of hydrogen-bond donors (Lipinski definition) is 0. The third kappa shape index (κ3) is 4.60. The normalized spacial score (nSPS) is 16.8. The molecule has 4 heteroatoms. The molecule has 0 aromatic heterocycles. The summed E-state index contributed by atoms with van der Waals surface area (Å²) in [5, 5.41) is 0.188. The van der Waals surface area contributed by atoms with Gasteiger partial charge in [-0.1, -0.05) is 32.9 Å². The summed E-state index contributed by atoms with van der Waals surface area (Å²) in [6.45, 7) is 11.2. The Bertz CT molecular complexity index is 539. The maximum absolute atomic E-state index is 11.7. The Morgan fingerprint density at radius 1 is 1.22 bits per heavy atom. The Balaban J connectivity index is 2.10. The van der Waals surface area contributed by atoms with E-state index >= 15 is 0 Å². The molecule has 3 nitrogen and oxygen atoms in total. The van der Waals surface area contributed by atoms with Crippen LogP contribution >= 0.6 is 0 Å². The predicted octanol–water partition coefficient (Wildman–Crippen LogP) is 5.13. The molecule has 0 spiro atoms. The SMILES string of the molecule is COC(=O)CC(c1ccc(O[Si](C)(C)C(C)(C)C)cc1)C1CC1. The lowest BCUT2D eigenvalue weighted by molar-refractivity contribution is -0.141. The first-order chi connectivity index (χ1) is 10.6. The van der Waals surface area contributed by atoms with Crippen LogP contribution in [0.2, 0.25) is 18.1 Å². The summed E-state index contributed by atoms with van der Waals surface area (Å²) in [6.07, 6.45) is 2.90. The zero-order valence-electron chi connectivity index (χ0n) is 15.3. The van der Waals surface area contributed by atoms with Gasteiger partial charge in [0.05, 0.1) is 13.5 Å². The van der Waals surface area contributed by atoms with E-state index in [4.69, 9.17) is 9.16 Å². The van der Waals surface area contributed by atoms with Crippen molar-refractivity contribution in [3.05, 3.63) is 29.8 Å². The summed E-state index contributed by atoms with van der Waals surface area (Å²) in [7, 11) is -0.345. The number of hydrogen-bond acceptors (Lipinski definition) is 3. The van der Waals surface area contributed by atoms with Gasteiger partial charge in [-0.3, -0.25) is 4.79 Å². The van der Waals surface area contributed by atoms with Crippen molar-refractivity contribution in [1.82, 2.24) is 0 Å². The fraction of sp³-hybridized carbons (Fsp3) is 0.632. The van der Waals surface area contributed by atoms with Gasteiger partial charge in [0.15, 0.2) is 0 Å². The maximum atomic E-state index is 11.7. The van der Waals surface area contributed by atoms with Crippen LogP contribution in [0.15, 0.2) is 24.3 Å². The second-order valence-electron chi connectivity index (χ2n) is 8.16. The van der Waals surface area contributed by atoms with E-state index in [2.05, 4.69) is 58.1 Å². The van der Waals surface area contributed by atoms with Gasteiger partial charge < -0.3 is 9.16 Å². The Morgan fingerprint density at radius 2 is 1.78 bits per heavy atom. The van der Waals surface area contributed by atoms with E-state index in [-0.39, 0.29) is 16.9 Å². The van der Waals surface area contributed by atoms with Crippen LogP contribution in [0.1, 0.15) is 51.5 Å². The average Bonchev–Trinajstić information content (AvgIpc) is 3.28. The zero-order valence-corrected chi connectivity index (χ0v) is 16.3. The van der Waals surface area contributed by atoms with E-state index in [0.29, 0.717) is 12.3 Å². The second kappa shape index (κ2) is 6.68. The lowest BCUT2D eigenvalue weighted by atomic mass is 9.91. The lowest BCUT2D eigenvalue weighted by Crippen LogP contribution is -2.43. The number of carbonyl (C=O) groups is 1. The topological polar surface area (TPSA) is 35.5 Å². The number of esters is 1. The van der Waals surface area contributed by atoms with Crippen LogP contribution in [-0.2, 0) is 9.53 Å². The Morgan fingerprint density at radius 3 is 2.22 bits per heavy atom. The summed E-state index contributed by atoms with van der Waals surface area (Å²) in [6, 6.07) is 8.35. The molecular formula is C19H30O3Si. The van der Waals surface area contributed by atoms with E-state index in [0.717, 1.165) is 5.75 Å². The van der Waals surface area contributed by atoms with Crippen LogP contribution in [0.25, 0.3) is 0 Å². The van der Waals surface area contributed by atoms with Crippen LogP contribution in [0.3, 0.4) is 0 Å². The van der Waals surface area contributed by atoms with Crippen molar-refractivity contribution in [2.45, 2.75) is 64.1 Å². The molecule has 1 atom stereocenters. The van der Waals surface area contributed by atoms with Crippen LogP contribution in [0, 0.1) is 5.92 Å².